The van der Waals surface area contributed by atoms with Crippen LogP contribution in [0.4, 0.5) is 20.2 Å². The Morgan fingerprint density at radius 1 is 1.10 bits per heavy atom. The van der Waals surface area contributed by atoms with Gasteiger partial charge in [0.15, 0.2) is 0 Å². The van der Waals surface area contributed by atoms with Crippen LogP contribution in [-0.4, -0.2) is 8.42 Å². The zero-order valence-corrected chi connectivity index (χ0v) is 11.3. The molecule has 0 heterocycles. The van der Waals surface area contributed by atoms with Crippen LogP contribution in [0.25, 0.3) is 0 Å². The topological polar surface area (TPSA) is 72.2 Å². The molecule has 4 nitrogen and oxygen atoms in total. The third-order valence-electron chi connectivity index (χ3n) is 2.66. The summed E-state index contributed by atoms with van der Waals surface area (Å²) in [6.07, 6.45) is 0. The van der Waals surface area contributed by atoms with Gasteiger partial charge in [-0.2, -0.15) is 0 Å². The van der Waals surface area contributed by atoms with Crippen LogP contribution < -0.4 is 10.5 Å². The maximum Gasteiger partial charge on any atom is 0.262 e. The van der Waals surface area contributed by atoms with E-state index in [9.17, 15) is 17.2 Å². The number of nitrogens with two attached hydrogens (primary N) is 1. The van der Waals surface area contributed by atoms with Crippen LogP contribution in [0.5, 0.6) is 0 Å². The van der Waals surface area contributed by atoms with E-state index in [2.05, 4.69) is 0 Å². The monoisotopic (exact) mass is 298 g/mol. The normalized spacial score (nSPS) is 11.3. The minimum absolute atomic E-state index is 0.0460. The number of sulfonamides is 1. The number of hydrogen-bond donors (Lipinski definition) is 2. The summed E-state index contributed by atoms with van der Waals surface area (Å²) in [5.41, 5.74) is 5.93. The molecule has 2 rings (SSSR count). The van der Waals surface area contributed by atoms with Crippen LogP contribution in [0.2, 0.25) is 0 Å². The molecular weight excluding hydrogens is 286 g/mol. The molecule has 0 saturated heterocycles. The molecule has 0 atom stereocenters. The lowest BCUT2D eigenvalue weighted by molar-refractivity contribution is 0.594. The molecular formula is C13H12F2N2O2S. The van der Waals surface area contributed by atoms with Gasteiger partial charge in [0.1, 0.15) is 11.6 Å². The van der Waals surface area contributed by atoms with Gasteiger partial charge in [0.2, 0.25) is 0 Å². The first-order valence-corrected chi connectivity index (χ1v) is 7.12. The Balaban J connectivity index is 2.43. The van der Waals surface area contributed by atoms with E-state index in [-0.39, 0.29) is 4.90 Å². The molecule has 0 aromatic heterocycles. The van der Waals surface area contributed by atoms with Crippen molar-refractivity contribution in [2.75, 3.05) is 10.5 Å². The van der Waals surface area contributed by atoms with Gasteiger partial charge in [0.05, 0.1) is 10.6 Å². The van der Waals surface area contributed by atoms with Crippen molar-refractivity contribution in [2.45, 2.75) is 11.8 Å². The van der Waals surface area contributed by atoms with E-state index in [0.29, 0.717) is 11.3 Å². The van der Waals surface area contributed by atoms with Gasteiger partial charge in [0, 0.05) is 11.8 Å². The fraction of sp³-hybridized carbons (Fsp3) is 0.0769. The van der Waals surface area contributed by atoms with Crippen LogP contribution in [-0.2, 0) is 10.0 Å². The average molecular weight is 298 g/mol. The zero-order chi connectivity index (χ0) is 14.9. The minimum Gasteiger partial charge on any atom is -0.399 e. The smallest absolute Gasteiger partial charge is 0.262 e. The highest BCUT2D eigenvalue weighted by atomic mass is 32.2. The first kappa shape index (κ1) is 14.3. The standard InChI is InChI=1S/C13H12F2N2O2S/c1-8-6-10(16)3-5-13(8)20(18,19)17-12-7-9(14)2-4-11(12)15/h2-7,17H,16H2,1H3. The molecule has 106 valence electrons. The number of benzene rings is 2. The first-order chi connectivity index (χ1) is 9.29. The maximum atomic E-state index is 13.5. The quantitative estimate of drug-likeness (QED) is 0.856. The van der Waals surface area contributed by atoms with E-state index in [1.807, 2.05) is 4.72 Å². The largest absolute Gasteiger partial charge is 0.399 e. The molecule has 0 aliphatic rings. The molecule has 0 bridgehead atoms. The number of halogens is 2. The van der Waals surface area contributed by atoms with Crippen LogP contribution >= 0.6 is 0 Å². The second-order valence-corrected chi connectivity index (χ2v) is 5.91. The predicted octanol–water partition coefficient (Wildman–Crippen LogP) is 2.66. The summed E-state index contributed by atoms with van der Waals surface area (Å²) in [4.78, 5) is -0.0460. The number of aryl methyl sites for hydroxylation is 1. The lowest BCUT2D eigenvalue weighted by atomic mass is 10.2. The van der Waals surface area contributed by atoms with E-state index in [1.165, 1.54) is 18.2 Å². The third kappa shape index (κ3) is 2.88. The fourth-order valence-electron chi connectivity index (χ4n) is 1.75. The summed E-state index contributed by atoms with van der Waals surface area (Å²) in [6.45, 7) is 1.56. The molecule has 0 fully saturated rings. The minimum atomic E-state index is -4.01. The third-order valence-corrected chi connectivity index (χ3v) is 4.19. The molecule has 0 amide bonds. The molecule has 7 heteroatoms. The van der Waals surface area contributed by atoms with Gasteiger partial charge in [-0.3, -0.25) is 4.72 Å². The van der Waals surface area contributed by atoms with Gasteiger partial charge >= 0.3 is 0 Å². The van der Waals surface area contributed by atoms with E-state index in [1.54, 1.807) is 6.92 Å². The van der Waals surface area contributed by atoms with Gasteiger partial charge in [-0.15, -0.1) is 0 Å². The van der Waals surface area contributed by atoms with E-state index in [4.69, 9.17) is 5.73 Å². The fourth-order valence-corrected chi connectivity index (χ4v) is 3.04. The van der Waals surface area contributed by atoms with E-state index in [0.717, 1.165) is 18.2 Å². The van der Waals surface area contributed by atoms with Crippen molar-refractivity contribution >= 4 is 21.4 Å². The summed E-state index contributed by atoms with van der Waals surface area (Å²) in [5, 5.41) is 0. The molecule has 0 spiro atoms. The lowest BCUT2D eigenvalue weighted by Crippen LogP contribution is -2.15. The molecule has 3 N–H and O–H groups in total. The Hall–Kier alpha value is -2.15. The summed E-state index contributed by atoms with van der Waals surface area (Å²) < 4.78 is 52.8. The van der Waals surface area contributed by atoms with Crippen molar-refractivity contribution < 1.29 is 17.2 Å². The van der Waals surface area contributed by atoms with Crippen molar-refractivity contribution in [2.24, 2.45) is 0 Å². The molecule has 0 saturated carbocycles. The zero-order valence-electron chi connectivity index (χ0n) is 10.5. The summed E-state index contributed by atoms with van der Waals surface area (Å²) in [6, 6.07) is 6.74. The molecule has 2 aromatic carbocycles. The average Bonchev–Trinajstić information content (AvgIpc) is 2.33. The summed E-state index contributed by atoms with van der Waals surface area (Å²) in [5.74, 6) is -1.60. The van der Waals surface area contributed by atoms with Gasteiger partial charge in [-0.05, 0) is 42.8 Å². The van der Waals surface area contributed by atoms with Crippen molar-refractivity contribution in [1.82, 2.24) is 0 Å². The number of anilines is 2. The molecule has 2 aromatic rings. The number of hydrogen-bond acceptors (Lipinski definition) is 3. The maximum absolute atomic E-state index is 13.5. The van der Waals surface area contributed by atoms with Gasteiger partial charge in [-0.25, -0.2) is 17.2 Å². The molecule has 0 unspecified atom stereocenters. The van der Waals surface area contributed by atoms with Crippen molar-refractivity contribution in [3.05, 3.63) is 53.6 Å². The van der Waals surface area contributed by atoms with Crippen LogP contribution in [0.3, 0.4) is 0 Å². The number of rotatable bonds is 3. The Bertz CT molecular complexity index is 761. The Labute approximate surface area is 115 Å². The van der Waals surface area contributed by atoms with Crippen LogP contribution in [0.15, 0.2) is 41.3 Å². The summed E-state index contributed by atoms with van der Waals surface area (Å²) in [7, 11) is -4.01. The molecule has 0 radical (unpaired) electrons. The second kappa shape index (κ2) is 5.09. The Kier molecular flexibility index (Phi) is 3.63. The highest BCUT2D eigenvalue weighted by Crippen LogP contribution is 2.23. The Morgan fingerprint density at radius 3 is 2.45 bits per heavy atom. The Morgan fingerprint density at radius 2 is 1.80 bits per heavy atom. The van der Waals surface area contributed by atoms with Gasteiger partial charge in [-0.1, -0.05) is 0 Å². The predicted molar refractivity (Wildman–Crippen MR) is 72.8 cm³/mol. The lowest BCUT2D eigenvalue weighted by Gasteiger charge is -2.11. The summed E-state index contributed by atoms with van der Waals surface area (Å²) >= 11 is 0. The van der Waals surface area contributed by atoms with Crippen LogP contribution in [0.1, 0.15) is 5.56 Å². The van der Waals surface area contributed by atoms with Crippen molar-refractivity contribution in [1.29, 1.82) is 0 Å². The van der Waals surface area contributed by atoms with Crippen molar-refractivity contribution in [3.63, 3.8) is 0 Å². The van der Waals surface area contributed by atoms with Gasteiger partial charge in [0.25, 0.3) is 10.0 Å². The van der Waals surface area contributed by atoms with Crippen LogP contribution in [0, 0.1) is 18.6 Å². The molecule has 0 aliphatic heterocycles. The van der Waals surface area contributed by atoms with E-state index >= 15 is 0 Å². The highest BCUT2D eigenvalue weighted by molar-refractivity contribution is 7.92. The first-order valence-electron chi connectivity index (χ1n) is 5.63. The molecule has 20 heavy (non-hydrogen) atoms. The SMILES string of the molecule is Cc1cc(N)ccc1S(=O)(=O)Nc1cc(F)ccc1F. The second-order valence-electron chi connectivity index (χ2n) is 4.25. The number of nitrogens with one attached hydrogen (secondary N) is 1. The van der Waals surface area contributed by atoms with E-state index < -0.39 is 27.3 Å². The molecule has 0 aliphatic carbocycles. The van der Waals surface area contributed by atoms with Gasteiger partial charge < -0.3 is 5.73 Å². The number of nitrogen functional groups attached to an aromatic ring is 1. The van der Waals surface area contributed by atoms with Crippen molar-refractivity contribution in [3.8, 4) is 0 Å². The highest BCUT2D eigenvalue weighted by Gasteiger charge is 2.19.